The normalized spacial score (nSPS) is 15.0. The molecule has 0 aromatic carbocycles. The summed E-state index contributed by atoms with van der Waals surface area (Å²) in [7, 11) is 0. The fraction of sp³-hybridized carbons (Fsp3) is 0.467. The number of nitrogens with zero attached hydrogens (tertiary/aromatic N) is 4. The highest BCUT2D eigenvalue weighted by Gasteiger charge is 2.19. The molecule has 3 heterocycles. The molecule has 128 valence electrons. The third-order valence-electron chi connectivity index (χ3n) is 3.87. The zero-order valence-corrected chi connectivity index (χ0v) is 13.0. The highest BCUT2D eigenvalue weighted by atomic mass is 16.4. The molecule has 1 aliphatic heterocycles. The van der Waals surface area contributed by atoms with Gasteiger partial charge >= 0.3 is 11.9 Å². The summed E-state index contributed by atoms with van der Waals surface area (Å²) in [4.78, 5) is 27.6. The molecule has 0 saturated carbocycles. The second kappa shape index (κ2) is 6.83. The number of hydrogen-bond acceptors (Lipinski definition) is 6. The molecule has 0 fully saturated rings. The number of carbonyl (C=O) groups is 2. The number of oxazole rings is 1. The lowest BCUT2D eigenvalue weighted by Crippen LogP contribution is -2.23. The van der Waals surface area contributed by atoms with Crippen LogP contribution < -0.4 is 0 Å². The molecule has 0 radical (unpaired) electrons. The number of carboxylic acid groups (broad SMARTS) is 2. The third kappa shape index (κ3) is 3.80. The van der Waals surface area contributed by atoms with Gasteiger partial charge in [-0.1, -0.05) is 0 Å². The van der Waals surface area contributed by atoms with Crippen molar-refractivity contribution in [2.24, 2.45) is 0 Å². The van der Waals surface area contributed by atoms with Crippen molar-refractivity contribution in [3.63, 3.8) is 0 Å². The molecule has 1 aliphatic rings. The molecule has 9 nitrogen and oxygen atoms in total. The van der Waals surface area contributed by atoms with Crippen LogP contribution in [0.3, 0.4) is 0 Å². The van der Waals surface area contributed by atoms with Gasteiger partial charge < -0.3 is 14.6 Å². The van der Waals surface area contributed by atoms with Crippen LogP contribution >= 0.6 is 0 Å². The van der Waals surface area contributed by atoms with E-state index in [9.17, 15) is 9.59 Å². The largest absolute Gasteiger partial charge is 0.481 e. The van der Waals surface area contributed by atoms with E-state index in [-0.39, 0.29) is 12.1 Å². The molecule has 0 amide bonds. The lowest BCUT2D eigenvalue weighted by atomic mass is 10.2. The Morgan fingerprint density at radius 1 is 1.29 bits per heavy atom. The second-order valence-corrected chi connectivity index (χ2v) is 5.74. The molecule has 2 aromatic rings. The average Bonchev–Trinajstić information content (AvgIpc) is 3.09. The average molecular weight is 334 g/mol. The van der Waals surface area contributed by atoms with Crippen molar-refractivity contribution in [1.29, 1.82) is 0 Å². The first-order valence-electron chi connectivity index (χ1n) is 7.68. The summed E-state index contributed by atoms with van der Waals surface area (Å²) in [6.45, 7) is 2.64. The molecule has 9 heteroatoms. The van der Waals surface area contributed by atoms with Crippen molar-refractivity contribution >= 4 is 11.9 Å². The van der Waals surface area contributed by atoms with E-state index in [1.807, 2.05) is 10.7 Å². The summed E-state index contributed by atoms with van der Waals surface area (Å²) in [6, 6.07) is 1.93. The number of aryl methyl sites for hydroxylation is 2. The first kappa shape index (κ1) is 16.2. The fourth-order valence-electron chi connectivity index (χ4n) is 2.75. The van der Waals surface area contributed by atoms with Crippen molar-refractivity contribution in [2.45, 2.75) is 38.9 Å². The zero-order chi connectivity index (χ0) is 17.1. The van der Waals surface area contributed by atoms with E-state index in [1.165, 1.54) is 0 Å². The summed E-state index contributed by atoms with van der Waals surface area (Å²) >= 11 is 0. The minimum Gasteiger partial charge on any atom is -0.481 e. The number of aromatic nitrogens is 3. The van der Waals surface area contributed by atoms with Gasteiger partial charge in [0, 0.05) is 26.1 Å². The fourth-order valence-corrected chi connectivity index (χ4v) is 2.75. The smallest absolute Gasteiger partial charge is 0.357 e. The predicted molar refractivity (Wildman–Crippen MR) is 80.4 cm³/mol. The summed E-state index contributed by atoms with van der Waals surface area (Å²) < 4.78 is 7.12. The van der Waals surface area contributed by atoms with E-state index in [0.29, 0.717) is 25.4 Å². The van der Waals surface area contributed by atoms with E-state index in [1.54, 1.807) is 0 Å². The Balaban J connectivity index is 1.67. The van der Waals surface area contributed by atoms with Crippen LogP contribution in [0.25, 0.3) is 0 Å². The van der Waals surface area contributed by atoms with Gasteiger partial charge in [-0.15, -0.1) is 0 Å². The van der Waals surface area contributed by atoms with Gasteiger partial charge in [0.15, 0.2) is 5.69 Å². The first-order chi connectivity index (χ1) is 11.5. The summed E-state index contributed by atoms with van der Waals surface area (Å²) in [5, 5.41) is 22.1. The molecule has 2 aromatic heterocycles. The molecule has 24 heavy (non-hydrogen) atoms. The minimum atomic E-state index is -1.11. The number of carboxylic acids is 2. The Morgan fingerprint density at radius 2 is 2.12 bits per heavy atom. The molecule has 2 N–H and O–H groups in total. The Morgan fingerprint density at radius 3 is 2.83 bits per heavy atom. The molecule has 0 bridgehead atoms. The highest BCUT2D eigenvalue weighted by molar-refractivity contribution is 5.84. The Hall–Kier alpha value is -2.68. The maximum absolute atomic E-state index is 10.8. The SMILES string of the molecule is O=C(O)CCc1cc2n(n1)CCCN(Cc1nc(C(=O)O)co1)C2. The van der Waals surface area contributed by atoms with Crippen LogP contribution in [0, 0.1) is 0 Å². The third-order valence-corrected chi connectivity index (χ3v) is 3.87. The van der Waals surface area contributed by atoms with Crippen LogP contribution in [0.2, 0.25) is 0 Å². The Bertz CT molecular complexity index is 751. The van der Waals surface area contributed by atoms with Gasteiger partial charge in [0.05, 0.1) is 24.4 Å². The molecular formula is C15H18N4O5. The number of rotatable bonds is 6. The van der Waals surface area contributed by atoms with E-state index in [4.69, 9.17) is 14.6 Å². The van der Waals surface area contributed by atoms with Gasteiger partial charge in [0.1, 0.15) is 6.26 Å². The second-order valence-electron chi connectivity index (χ2n) is 5.74. The molecule has 3 rings (SSSR count). The van der Waals surface area contributed by atoms with Crippen molar-refractivity contribution in [3.8, 4) is 0 Å². The van der Waals surface area contributed by atoms with Gasteiger partial charge in [-0.25, -0.2) is 9.78 Å². The zero-order valence-electron chi connectivity index (χ0n) is 13.0. The van der Waals surface area contributed by atoms with E-state index >= 15 is 0 Å². The van der Waals surface area contributed by atoms with Crippen molar-refractivity contribution < 1.29 is 24.2 Å². The molecule has 0 atom stereocenters. The van der Waals surface area contributed by atoms with Gasteiger partial charge in [-0.05, 0) is 12.5 Å². The van der Waals surface area contributed by atoms with Crippen LogP contribution in [0.5, 0.6) is 0 Å². The molecule has 0 aliphatic carbocycles. The van der Waals surface area contributed by atoms with Gasteiger partial charge in [-0.2, -0.15) is 5.10 Å². The summed E-state index contributed by atoms with van der Waals surface area (Å²) in [5.74, 6) is -1.58. The van der Waals surface area contributed by atoms with E-state index in [2.05, 4.69) is 15.0 Å². The molecule has 0 unspecified atom stereocenters. The van der Waals surface area contributed by atoms with Crippen LogP contribution in [0.1, 0.15) is 40.6 Å². The monoisotopic (exact) mass is 334 g/mol. The topological polar surface area (TPSA) is 122 Å². The van der Waals surface area contributed by atoms with Crippen molar-refractivity contribution in [3.05, 3.63) is 35.3 Å². The van der Waals surface area contributed by atoms with Crippen LogP contribution in [0.4, 0.5) is 0 Å². The van der Waals surface area contributed by atoms with Crippen molar-refractivity contribution in [2.75, 3.05) is 6.54 Å². The molecule has 0 spiro atoms. The van der Waals surface area contributed by atoms with E-state index < -0.39 is 11.9 Å². The number of aromatic carboxylic acids is 1. The first-order valence-corrected chi connectivity index (χ1v) is 7.68. The Labute approximate surface area is 137 Å². The number of aliphatic carboxylic acids is 1. The Kier molecular flexibility index (Phi) is 4.61. The quantitative estimate of drug-likeness (QED) is 0.802. The summed E-state index contributed by atoms with van der Waals surface area (Å²) in [6.07, 6.45) is 2.51. The highest BCUT2D eigenvalue weighted by Crippen LogP contribution is 2.17. The van der Waals surface area contributed by atoms with Crippen LogP contribution in [0.15, 0.2) is 16.7 Å². The number of hydrogen-bond donors (Lipinski definition) is 2. The predicted octanol–water partition coefficient (Wildman–Crippen LogP) is 0.992. The number of fused-ring (bicyclic) bond motifs is 1. The maximum Gasteiger partial charge on any atom is 0.357 e. The summed E-state index contributed by atoms with van der Waals surface area (Å²) in [5.41, 5.74) is 1.69. The standard InChI is InChI=1S/C15H18N4O5/c20-14(21)3-2-10-6-11-7-18(4-1-5-19(11)17-10)8-13-16-12(9-24-13)15(22)23/h6,9H,1-5,7-8H2,(H,20,21)(H,22,23). The molecular weight excluding hydrogens is 316 g/mol. The molecule has 0 saturated heterocycles. The lowest BCUT2D eigenvalue weighted by molar-refractivity contribution is -0.136. The van der Waals surface area contributed by atoms with Crippen LogP contribution in [-0.2, 0) is 30.8 Å². The van der Waals surface area contributed by atoms with Gasteiger partial charge in [0.25, 0.3) is 0 Å². The van der Waals surface area contributed by atoms with Gasteiger partial charge in [-0.3, -0.25) is 14.4 Å². The van der Waals surface area contributed by atoms with E-state index in [0.717, 1.165) is 37.2 Å². The van der Waals surface area contributed by atoms with Crippen molar-refractivity contribution in [1.82, 2.24) is 19.7 Å². The maximum atomic E-state index is 10.8. The van der Waals surface area contributed by atoms with Crippen LogP contribution in [-0.4, -0.2) is 48.4 Å². The minimum absolute atomic E-state index is 0.0639. The lowest BCUT2D eigenvalue weighted by Gasteiger charge is -2.16. The van der Waals surface area contributed by atoms with Gasteiger partial charge in [0.2, 0.25) is 5.89 Å².